The molecule has 0 aromatic heterocycles. The van der Waals surface area contributed by atoms with Crippen LogP contribution in [0.4, 0.5) is 0 Å². The van der Waals surface area contributed by atoms with Gasteiger partial charge in [-0.05, 0) is 38.1 Å². The maximum absolute atomic E-state index is 12.1. The molecular weight excluding hydrogens is 306 g/mol. The van der Waals surface area contributed by atoms with Gasteiger partial charge in [-0.1, -0.05) is 22.9 Å². The van der Waals surface area contributed by atoms with Crippen molar-refractivity contribution in [2.24, 2.45) is 5.16 Å². The predicted molar refractivity (Wildman–Crippen MR) is 90.8 cm³/mol. The quantitative estimate of drug-likeness (QED) is 0.637. The van der Waals surface area contributed by atoms with E-state index in [2.05, 4.69) is 5.16 Å². The van der Waals surface area contributed by atoms with Crippen molar-refractivity contribution in [2.45, 2.75) is 26.4 Å². The summed E-state index contributed by atoms with van der Waals surface area (Å²) in [6, 6.07) is 12.7. The predicted octanol–water partition coefficient (Wildman–Crippen LogP) is 3.74. The van der Waals surface area contributed by atoms with Crippen molar-refractivity contribution in [3.8, 4) is 11.5 Å². The number of methoxy groups -OCH3 is 1. The molecule has 1 atom stereocenters. The second-order valence-electron chi connectivity index (χ2n) is 5.78. The molecule has 0 saturated heterocycles. The van der Waals surface area contributed by atoms with Gasteiger partial charge in [0.15, 0.2) is 0 Å². The van der Waals surface area contributed by atoms with Gasteiger partial charge in [0.25, 0.3) is 0 Å². The van der Waals surface area contributed by atoms with Gasteiger partial charge in [-0.3, -0.25) is 0 Å². The number of aryl methyl sites for hydroxylation is 1. The Hall–Kier alpha value is -2.82. The first kappa shape index (κ1) is 16.1. The molecular formula is C19H19NO4. The number of fused-ring (bicyclic) bond motifs is 1. The topological polar surface area (TPSA) is 57.1 Å². The van der Waals surface area contributed by atoms with Crippen LogP contribution in [0.2, 0.25) is 0 Å². The summed E-state index contributed by atoms with van der Waals surface area (Å²) in [5, 5.41) is 4.08. The highest BCUT2D eigenvalue weighted by Gasteiger charge is 2.23. The van der Waals surface area contributed by atoms with Crippen LogP contribution in [0.3, 0.4) is 0 Å². The highest BCUT2D eigenvalue weighted by atomic mass is 16.7. The lowest BCUT2D eigenvalue weighted by Crippen LogP contribution is -2.25. The van der Waals surface area contributed by atoms with Gasteiger partial charge in [-0.25, -0.2) is 4.79 Å². The Labute approximate surface area is 140 Å². The van der Waals surface area contributed by atoms with E-state index in [9.17, 15) is 4.79 Å². The minimum Gasteiger partial charge on any atom is -0.497 e. The van der Waals surface area contributed by atoms with Gasteiger partial charge < -0.3 is 14.3 Å². The van der Waals surface area contributed by atoms with Crippen LogP contribution in [-0.2, 0) is 4.84 Å². The molecule has 1 heterocycles. The van der Waals surface area contributed by atoms with Gasteiger partial charge in [0.2, 0.25) is 0 Å². The number of ether oxygens (including phenoxy) is 2. The summed E-state index contributed by atoms with van der Waals surface area (Å²) < 4.78 is 11.0. The molecule has 0 spiro atoms. The molecule has 1 aliphatic rings. The number of rotatable bonds is 3. The molecule has 0 radical (unpaired) electrons. The molecule has 0 saturated carbocycles. The van der Waals surface area contributed by atoms with Gasteiger partial charge in [-0.2, -0.15) is 0 Å². The van der Waals surface area contributed by atoms with Crippen LogP contribution in [0.5, 0.6) is 11.5 Å². The molecule has 5 nitrogen and oxygen atoms in total. The number of carbonyl (C=O) groups excluding carboxylic acids is 1. The molecule has 0 bridgehead atoms. The first-order valence-corrected chi connectivity index (χ1v) is 7.77. The molecule has 0 aliphatic carbocycles. The standard InChI is InChI=1S/C19H19NO4/c1-12-4-6-14(7-5-12)19(21)24-20-17-10-13(2)23-18-11-15(22-3)8-9-16(17)18/h4-9,11,13H,10H2,1-3H3/b20-17+/t13-/m1/s1. The van der Waals surface area contributed by atoms with Crippen molar-refractivity contribution in [2.75, 3.05) is 7.11 Å². The first-order valence-electron chi connectivity index (χ1n) is 7.77. The van der Waals surface area contributed by atoms with E-state index in [1.54, 1.807) is 19.2 Å². The SMILES string of the molecule is COc1ccc2c(c1)O[C@H](C)C/C2=N\OC(=O)c1ccc(C)cc1. The molecule has 0 amide bonds. The third kappa shape index (κ3) is 3.40. The zero-order valence-corrected chi connectivity index (χ0v) is 13.9. The summed E-state index contributed by atoms with van der Waals surface area (Å²) in [6.45, 7) is 3.91. The molecule has 0 N–H and O–H groups in total. The number of hydrogen-bond donors (Lipinski definition) is 0. The Kier molecular flexibility index (Phi) is 4.51. The van der Waals surface area contributed by atoms with E-state index in [4.69, 9.17) is 14.3 Å². The Morgan fingerprint density at radius 1 is 1.21 bits per heavy atom. The second kappa shape index (κ2) is 6.74. The average Bonchev–Trinajstić information content (AvgIpc) is 2.59. The van der Waals surface area contributed by atoms with Crippen molar-refractivity contribution in [1.29, 1.82) is 0 Å². The van der Waals surface area contributed by atoms with Gasteiger partial charge in [0, 0.05) is 18.1 Å². The van der Waals surface area contributed by atoms with Crippen LogP contribution in [-0.4, -0.2) is 24.9 Å². The van der Waals surface area contributed by atoms with Crippen LogP contribution in [0.25, 0.3) is 0 Å². The van der Waals surface area contributed by atoms with Crippen LogP contribution in [0.1, 0.15) is 34.8 Å². The van der Waals surface area contributed by atoms with Gasteiger partial charge in [0.05, 0.1) is 18.4 Å². The molecule has 2 aromatic rings. The third-order valence-corrected chi connectivity index (χ3v) is 3.83. The Morgan fingerprint density at radius 3 is 2.67 bits per heavy atom. The minimum absolute atomic E-state index is 0.0542. The Balaban J connectivity index is 1.83. The van der Waals surface area contributed by atoms with Crippen molar-refractivity contribution < 1.29 is 19.1 Å². The highest BCUT2D eigenvalue weighted by Crippen LogP contribution is 2.31. The van der Waals surface area contributed by atoms with E-state index < -0.39 is 5.97 Å². The number of nitrogens with zero attached hydrogens (tertiary/aromatic N) is 1. The fourth-order valence-corrected chi connectivity index (χ4v) is 2.53. The number of carbonyl (C=O) groups is 1. The van der Waals surface area contributed by atoms with Crippen molar-refractivity contribution in [1.82, 2.24) is 0 Å². The smallest absolute Gasteiger partial charge is 0.365 e. The summed E-state index contributed by atoms with van der Waals surface area (Å²) in [6.07, 6.45) is 0.516. The molecule has 1 aliphatic heterocycles. The largest absolute Gasteiger partial charge is 0.497 e. The van der Waals surface area contributed by atoms with Crippen molar-refractivity contribution in [3.63, 3.8) is 0 Å². The van der Waals surface area contributed by atoms with Crippen LogP contribution in [0, 0.1) is 6.92 Å². The van der Waals surface area contributed by atoms with E-state index >= 15 is 0 Å². The number of oxime groups is 1. The summed E-state index contributed by atoms with van der Waals surface area (Å²) in [7, 11) is 1.60. The lowest BCUT2D eigenvalue weighted by atomic mass is 10.0. The van der Waals surface area contributed by atoms with Crippen LogP contribution in [0.15, 0.2) is 47.6 Å². The van der Waals surface area contributed by atoms with Crippen LogP contribution >= 0.6 is 0 Å². The molecule has 2 aromatic carbocycles. The zero-order chi connectivity index (χ0) is 17.1. The monoisotopic (exact) mass is 325 g/mol. The van der Waals surface area contributed by atoms with Gasteiger partial charge in [0.1, 0.15) is 17.6 Å². The van der Waals surface area contributed by atoms with E-state index in [-0.39, 0.29) is 6.10 Å². The van der Waals surface area contributed by atoms with E-state index in [1.165, 1.54) is 0 Å². The Bertz CT molecular complexity index is 780. The lowest BCUT2D eigenvalue weighted by Gasteiger charge is -2.24. The molecule has 24 heavy (non-hydrogen) atoms. The maximum Gasteiger partial charge on any atom is 0.365 e. The molecule has 5 heteroatoms. The normalized spacial score (nSPS) is 17.8. The molecule has 0 fully saturated rings. The Morgan fingerprint density at radius 2 is 1.96 bits per heavy atom. The van der Waals surface area contributed by atoms with Gasteiger partial charge in [-0.15, -0.1) is 0 Å². The van der Waals surface area contributed by atoms with E-state index in [1.807, 2.05) is 44.2 Å². The summed E-state index contributed by atoms with van der Waals surface area (Å²) >= 11 is 0. The second-order valence-corrected chi connectivity index (χ2v) is 5.78. The van der Waals surface area contributed by atoms with E-state index in [0.717, 1.165) is 11.1 Å². The lowest BCUT2D eigenvalue weighted by molar-refractivity contribution is 0.0513. The molecule has 124 valence electrons. The van der Waals surface area contributed by atoms with Gasteiger partial charge >= 0.3 is 5.97 Å². The molecule has 3 rings (SSSR count). The zero-order valence-electron chi connectivity index (χ0n) is 13.9. The average molecular weight is 325 g/mol. The summed E-state index contributed by atoms with van der Waals surface area (Å²) in [5.41, 5.74) is 3.05. The number of hydrogen-bond acceptors (Lipinski definition) is 5. The highest BCUT2D eigenvalue weighted by molar-refractivity contribution is 6.04. The van der Waals surface area contributed by atoms with Crippen molar-refractivity contribution in [3.05, 3.63) is 59.2 Å². The van der Waals surface area contributed by atoms with Crippen LogP contribution < -0.4 is 9.47 Å². The number of benzene rings is 2. The fraction of sp³-hybridized carbons (Fsp3) is 0.263. The van der Waals surface area contributed by atoms with Crippen molar-refractivity contribution >= 4 is 11.7 Å². The van der Waals surface area contributed by atoms with E-state index in [0.29, 0.717) is 29.2 Å². The fourth-order valence-electron chi connectivity index (χ4n) is 2.53. The summed E-state index contributed by atoms with van der Waals surface area (Å²) in [4.78, 5) is 17.2. The summed E-state index contributed by atoms with van der Waals surface area (Å²) in [5.74, 6) is 0.911. The minimum atomic E-state index is -0.475. The molecule has 0 unspecified atom stereocenters. The first-order chi connectivity index (χ1) is 11.6. The maximum atomic E-state index is 12.1. The third-order valence-electron chi connectivity index (χ3n) is 3.83.